The molecule has 0 spiro atoms. The summed E-state index contributed by atoms with van der Waals surface area (Å²) in [5, 5.41) is 20.5. The molecule has 0 heterocycles. The monoisotopic (exact) mass is 498 g/mol. The maximum Gasteiger partial charge on any atom is 0.410 e. The number of nitrogens with zero attached hydrogens (tertiary/aromatic N) is 1. The molecule has 0 aliphatic rings. The third kappa shape index (κ3) is 12.8. The van der Waals surface area contributed by atoms with Gasteiger partial charge >= 0.3 is 24.1 Å². The Morgan fingerprint density at radius 3 is 2.06 bits per heavy atom. The molecule has 0 aromatic carbocycles. The minimum absolute atomic E-state index is 0.113. The summed E-state index contributed by atoms with van der Waals surface area (Å²) in [5.74, 6) is -2.00. The van der Waals surface area contributed by atoms with Crippen molar-refractivity contribution in [2.24, 2.45) is 5.41 Å². The fourth-order valence-electron chi connectivity index (χ4n) is 2.88. The lowest BCUT2D eigenvalue weighted by Gasteiger charge is -2.40. The van der Waals surface area contributed by atoms with Crippen LogP contribution in [0.3, 0.4) is 0 Å². The van der Waals surface area contributed by atoms with Gasteiger partial charge in [-0.1, -0.05) is 38.8 Å². The zero-order chi connectivity index (χ0) is 27.2. The molecule has 0 saturated heterocycles. The quantitative estimate of drug-likeness (QED) is 0.220. The van der Waals surface area contributed by atoms with Crippen LogP contribution >= 0.6 is 0 Å². The van der Waals surface area contributed by atoms with Crippen LogP contribution in [0.25, 0.3) is 0 Å². The first-order chi connectivity index (χ1) is 16.1. The lowest BCUT2D eigenvalue weighted by Crippen LogP contribution is -2.45. The van der Waals surface area contributed by atoms with Crippen molar-refractivity contribution in [3.8, 4) is 0 Å². The Kier molecular flexibility index (Phi) is 13.7. The zero-order valence-corrected chi connectivity index (χ0v) is 22.1. The molecule has 0 aromatic heterocycles. The van der Waals surface area contributed by atoms with E-state index in [9.17, 15) is 19.2 Å². The van der Waals surface area contributed by atoms with Crippen molar-refractivity contribution >= 4 is 24.1 Å². The van der Waals surface area contributed by atoms with Crippen molar-refractivity contribution in [1.82, 2.24) is 10.2 Å². The molecule has 10 heteroatoms. The number of amides is 2. The number of rotatable bonds is 15. The first-order valence-corrected chi connectivity index (χ1v) is 11.8. The number of nitrogens with one attached hydrogen (secondary N) is 1. The maximum absolute atomic E-state index is 12.5. The fourth-order valence-corrected chi connectivity index (χ4v) is 2.88. The SMILES string of the molecule is C/C(=C\CCOC(=O)NCCCCCCN(C)C(=O)OC(C)(C)C(C)(C)/C=C(\C)C(=O)O)C(=O)O. The lowest BCUT2D eigenvalue weighted by molar-refractivity contribution is -0.133. The van der Waals surface area contributed by atoms with E-state index in [0.717, 1.165) is 25.7 Å². The molecule has 0 rings (SSSR count). The van der Waals surface area contributed by atoms with Gasteiger partial charge in [0.05, 0.1) is 6.61 Å². The van der Waals surface area contributed by atoms with Crippen LogP contribution in [0, 0.1) is 5.41 Å². The summed E-state index contributed by atoms with van der Waals surface area (Å²) in [6.07, 6.45) is 5.70. The molecule has 35 heavy (non-hydrogen) atoms. The van der Waals surface area contributed by atoms with Gasteiger partial charge in [-0.15, -0.1) is 0 Å². The number of hydrogen-bond acceptors (Lipinski definition) is 6. The van der Waals surface area contributed by atoms with Crippen LogP contribution in [-0.2, 0) is 19.1 Å². The van der Waals surface area contributed by atoms with Crippen molar-refractivity contribution in [3.05, 3.63) is 23.3 Å². The fraction of sp³-hybridized carbons (Fsp3) is 0.680. The number of carbonyl (C=O) groups excluding carboxylic acids is 2. The highest BCUT2D eigenvalue weighted by atomic mass is 16.6. The van der Waals surface area contributed by atoms with E-state index >= 15 is 0 Å². The average Bonchev–Trinajstić information content (AvgIpc) is 2.74. The summed E-state index contributed by atoms with van der Waals surface area (Å²) in [7, 11) is 1.66. The van der Waals surface area contributed by atoms with Crippen LogP contribution in [0.5, 0.6) is 0 Å². The Hall–Kier alpha value is -3.04. The predicted molar refractivity (Wildman–Crippen MR) is 132 cm³/mol. The largest absolute Gasteiger partial charge is 0.478 e. The van der Waals surface area contributed by atoms with E-state index in [2.05, 4.69) is 5.32 Å². The van der Waals surface area contributed by atoms with Crippen LogP contribution in [0.4, 0.5) is 9.59 Å². The highest BCUT2D eigenvalue weighted by Gasteiger charge is 2.40. The van der Waals surface area contributed by atoms with Crippen LogP contribution in [-0.4, -0.2) is 71.6 Å². The van der Waals surface area contributed by atoms with Gasteiger partial charge < -0.3 is 29.9 Å². The summed E-state index contributed by atoms with van der Waals surface area (Å²) in [5.41, 5.74) is -1.20. The zero-order valence-electron chi connectivity index (χ0n) is 22.1. The van der Waals surface area contributed by atoms with Crippen molar-refractivity contribution in [2.75, 3.05) is 26.7 Å². The molecule has 0 aliphatic heterocycles. The third-order valence-electron chi connectivity index (χ3n) is 5.95. The van der Waals surface area contributed by atoms with E-state index in [4.69, 9.17) is 19.7 Å². The van der Waals surface area contributed by atoms with Gasteiger partial charge in [-0.25, -0.2) is 19.2 Å². The third-order valence-corrected chi connectivity index (χ3v) is 5.95. The summed E-state index contributed by atoms with van der Waals surface area (Å²) in [6, 6.07) is 0. The number of alkyl carbamates (subject to hydrolysis) is 1. The van der Waals surface area contributed by atoms with Crippen molar-refractivity contribution < 1.29 is 38.9 Å². The molecule has 2 amide bonds. The number of carboxylic acids is 2. The lowest BCUT2D eigenvalue weighted by atomic mass is 9.76. The number of aliphatic carboxylic acids is 2. The van der Waals surface area contributed by atoms with Crippen molar-refractivity contribution in [3.63, 3.8) is 0 Å². The topological polar surface area (TPSA) is 142 Å². The van der Waals surface area contributed by atoms with E-state index in [1.807, 2.05) is 13.8 Å². The number of carbonyl (C=O) groups is 4. The molecular weight excluding hydrogens is 456 g/mol. The maximum atomic E-state index is 12.5. The van der Waals surface area contributed by atoms with Gasteiger partial charge in [0, 0.05) is 43.1 Å². The second kappa shape index (κ2) is 15.1. The van der Waals surface area contributed by atoms with E-state index in [-0.39, 0.29) is 17.8 Å². The Morgan fingerprint density at radius 1 is 0.914 bits per heavy atom. The van der Waals surface area contributed by atoms with E-state index in [1.54, 1.807) is 27.0 Å². The first kappa shape index (κ1) is 32.0. The smallest absolute Gasteiger partial charge is 0.410 e. The normalized spacial score (nSPS) is 12.7. The Bertz CT molecular complexity index is 799. The number of carboxylic acid groups (broad SMARTS) is 2. The molecule has 0 saturated carbocycles. The molecule has 200 valence electrons. The summed E-state index contributed by atoms with van der Waals surface area (Å²) in [6.45, 7) is 11.3. The minimum atomic E-state index is -1.01. The van der Waals surface area contributed by atoms with Crippen LogP contribution < -0.4 is 5.32 Å². The number of hydrogen-bond donors (Lipinski definition) is 3. The highest BCUT2D eigenvalue weighted by molar-refractivity contribution is 5.86. The molecule has 0 aromatic rings. The Morgan fingerprint density at radius 2 is 1.49 bits per heavy atom. The summed E-state index contributed by atoms with van der Waals surface area (Å²) >= 11 is 0. The van der Waals surface area contributed by atoms with Gasteiger partial charge in [0.25, 0.3) is 0 Å². The van der Waals surface area contributed by atoms with Gasteiger partial charge in [0.2, 0.25) is 0 Å². The Labute approximate surface area is 208 Å². The molecule has 3 N–H and O–H groups in total. The van der Waals surface area contributed by atoms with Crippen LogP contribution in [0.15, 0.2) is 23.3 Å². The average molecular weight is 499 g/mol. The second-order valence-corrected chi connectivity index (χ2v) is 9.61. The minimum Gasteiger partial charge on any atom is -0.478 e. The number of unbranched alkanes of at least 4 members (excludes halogenated alkanes) is 3. The summed E-state index contributed by atoms with van der Waals surface area (Å²) < 4.78 is 10.7. The van der Waals surface area contributed by atoms with Gasteiger partial charge in [0.1, 0.15) is 5.60 Å². The molecule has 0 unspecified atom stereocenters. The van der Waals surface area contributed by atoms with Gasteiger partial charge in [-0.05, 0) is 40.5 Å². The van der Waals surface area contributed by atoms with Crippen molar-refractivity contribution in [2.45, 2.75) is 79.2 Å². The van der Waals surface area contributed by atoms with Gasteiger partial charge in [-0.3, -0.25) is 0 Å². The van der Waals surface area contributed by atoms with Crippen LogP contribution in [0.1, 0.15) is 73.6 Å². The molecule has 0 atom stereocenters. The van der Waals surface area contributed by atoms with Gasteiger partial charge in [-0.2, -0.15) is 0 Å². The van der Waals surface area contributed by atoms with Crippen LogP contribution in [0.2, 0.25) is 0 Å². The molecular formula is C25H42N2O8. The molecule has 0 bridgehead atoms. The first-order valence-electron chi connectivity index (χ1n) is 11.8. The second-order valence-electron chi connectivity index (χ2n) is 9.61. The standard InChI is InChI=1S/C25H42N2O8/c1-18(20(28)29)13-12-16-34-22(32)26-14-10-8-9-11-15-27(7)23(33)35-25(5,6)24(3,4)17-19(2)21(30)31/h13,17H,8-12,14-16H2,1-7H3,(H,26,32)(H,28,29)(H,30,31)/b18-13+,19-17+. The Balaban J connectivity index is 4.17. The van der Waals surface area contributed by atoms with E-state index < -0.39 is 35.1 Å². The summed E-state index contributed by atoms with van der Waals surface area (Å²) in [4.78, 5) is 47.4. The van der Waals surface area contributed by atoms with E-state index in [1.165, 1.54) is 24.8 Å². The molecule has 0 fully saturated rings. The van der Waals surface area contributed by atoms with Gasteiger partial charge in [0.15, 0.2) is 0 Å². The van der Waals surface area contributed by atoms with Crippen molar-refractivity contribution in [1.29, 1.82) is 0 Å². The molecule has 0 aliphatic carbocycles. The van der Waals surface area contributed by atoms with E-state index in [0.29, 0.717) is 19.5 Å². The molecule has 0 radical (unpaired) electrons. The number of ether oxygens (including phenoxy) is 2. The molecule has 10 nitrogen and oxygen atoms in total. The highest BCUT2D eigenvalue weighted by Crippen LogP contribution is 2.36. The predicted octanol–water partition coefficient (Wildman–Crippen LogP) is 4.60.